The first-order chi connectivity index (χ1) is 8.79. The number of aromatic nitrogens is 5. The molecule has 0 aliphatic heterocycles. The fourth-order valence-corrected chi connectivity index (χ4v) is 2.03. The van der Waals surface area contributed by atoms with Gasteiger partial charge in [-0.3, -0.25) is 15.5 Å². The molecule has 7 heteroatoms. The Balaban J connectivity index is 2.11. The smallest absolute Gasteiger partial charge is 0.0896 e. The van der Waals surface area contributed by atoms with Crippen LogP contribution >= 0.6 is 0 Å². The van der Waals surface area contributed by atoms with Crippen molar-refractivity contribution in [2.45, 2.75) is 6.04 Å². The molecule has 3 aromatic rings. The molecule has 3 heterocycles. The Morgan fingerprint density at radius 1 is 1.28 bits per heavy atom. The lowest BCUT2D eigenvalue weighted by Gasteiger charge is -2.12. The number of rotatable bonds is 3. The van der Waals surface area contributed by atoms with Crippen molar-refractivity contribution >= 4 is 5.52 Å². The van der Waals surface area contributed by atoms with Gasteiger partial charge in [-0.15, -0.1) is 0 Å². The fraction of sp³-hybridized carbons (Fsp3) is 0.182. The number of nitrogens with one attached hydrogen (secondary N) is 1. The summed E-state index contributed by atoms with van der Waals surface area (Å²) in [5.74, 6) is 5.65. The van der Waals surface area contributed by atoms with E-state index in [0.717, 1.165) is 16.6 Å². The number of nitrogens with zero attached hydrogens (tertiary/aromatic N) is 5. The van der Waals surface area contributed by atoms with Gasteiger partial charge in [0.1, 0.15) is 0 Å². The van der Waals surface area contributed by atoms with E-state index in [9.17, 15) is 0 Å². The fourth-order valence-electron chi connectivity index (χ4n) is 2.03. The summed E-state index contributed by atoms with van der Waals surface area (Å²) in [6.07, 6.45) is 10.8. The van der Waals surface area contributed by atoms with E-state index in [1.807, 2.05) is 13.2 Å². The molecule has 0 saturated heterocycles. The normalized spacial score (nSPS) is 13.0. The molecular formula is C11H13N7. The molecule has 3 rings (SSSR count). The van der Waals surface area contributed by atoms with E-state index in [1.54, 1.807) is 40.2 Å². The Kier molecular flexibility index (Phi) is 2.54. The van der Waals surface area contributed by atoms with Crippen molar-refractivity contribution in [3.05, 3.63) is 48.3 Å². The molecule has 0 bridgehead atoms. The number of nitrogens with two attached hydrogens (primary N) is 1. The molecule has 1 unspecified atom stereocenters. The quantitative estimate of drug-likeness (QED) is 0.500. The molecule has 1 atom stereocenters. The molecule has 3 aromatic heterocycles. The molecule has 0 saturated carbocycles. The molecule has 0 aliphatic carbocycles. The van der Waals surface area contributed by atoms with Crippen LogP contribution in [-0.2, 0) is 7.05 Å². The van der Waals surface area contributed by atoms with Crippen molar-refractivity contribution in [2.24, 2.45) is 12.9 Å². The summed E-state index contributed by atoms with van der Waals surface area (Å²) in [4.78, 5) is 4.11. The van der Waals surface area contributed by atoms with E-state index in [-0.39, 0.29) is 6.04 Å². The predicted octanol–water partition coefficient (Wildman–Crippen LogP) is 0.0155. The van der Waals surface area contributed by atoms with Crippen molar-refractivity contribution < 1.29 is 0 Å². The van der Waals surface area contributed by atoms with Crippen LogP contribution in [0.5, 0.6) is 0 Å². The second kappa shape index (κ2) is 4.21. The van der Waals surface area contributed by atoms with Crippen LogP contribution in [0.1, 0.15) is 17.2 Å². The highest BCUT2D eigenvalue weighted by Crippen LogP contribution is 2.23. The van der Waals surface area contributed by atoms with E-state index < -0.39 is 0 Å². The van der Waals surface area contributed by atoms with E-state index in [4.69, 9.17) is 5.84 Å². The van der Waals surface area contributed by atoms with Gasteiger partial charge in [0.05, 0.1) is 30.1 Å². The van der Waals surface area contributed by atoms with Gasteiger partial charge in [0.25, 0.3) is 0 Å². The first-order valence-corrected chi connectivity index (χ1v) is 5.51. The molecule has 0 amide bonds. The van der Waals surface area contributed by atoms with Gasteiger partial charge >= 0.3 is 0 Å². The summed E-state index contributed by atoms with van der Waals surface area (Å²) in [5.41, 5.74) is 5.67. The van der Waals surface area contributed by atoms with Crippen molar-refractivity contribution in [3.8, 4) is 0 Å². The molecular weight excluding hydrogens is 230 g/mol. The molecule has 92 valence electrons. The lowest BCUT2D eigenvalue weighted by atomic mass is 10.0. The highest BCUT2D eigenvalue weighted by molar-refractivity contribution is 5.55. The average molecular weight is 243 g/mol. The zero-order valence-electron chi connectivity index (χ0n) is 9.85. The Hall–Kier alpha value is -2.25. The predicted molar refractivity (Wildman–Crippen MR) is 65.4 cm³/mol. The first-order valence-electron chi connectivity index (χ1n) is 5.51. The van der Waals surface area contributed by atoms with Crippen LogP contribution < -0.4 is 11.3 Å². The molecule has 0 spiro atoms. The van der Waals surface area contributed by atoms with Crippen LogP contribution in [0.4, 0.5) is 0 Å². The van der Waals surface area contributed by atoms with Gasteiger partial charge in [0.2, 0.25) is 0 Å². The summed E-state index contributed by atoms with van der Waals surface area (Å²) >= 11 is 0. The number of fused-ring (bicyclic) bond motifs is 1. The van der Waals surface area contributed by atoms with Gasteiger partial charge in [0.15, 0.2) is 0 Å². The maximum absolute atomic E-state index is 5.65. The molecule has 3 N–H and O–H groups in total. The standard InChI is InChI=1S/C11H13N7/c1-17-7-8(4-14-17)11(16-12)9-5-15-18-3-2-13-6-10(9)18/h2-7,11,16H,12H2,1H3. The number of hydrazine groups is 1. The largest absolute Gasteiger partial charge is 0.275 e. The van der Waals surface area contributed by atoms with Gasteiger partial charge in [-0.05, 0) is 0 Å². The highest BCUT2D eigenvalue weighted by Gasteiger charge is 2.18. The van der Waals surface area contributed by atoms with Gasteiger partial charge in [-0.1, -0.05) is 0 Å². The minimum atomic E-state index is -0.152. The van der Waals surface area contributed by atoms with E-state index >= 15 is 0 Å². The minimum Gasteiger partial charge on any atom is -0.275 e. The topological polar surface area (TPSA) is 86.1 Å². The Labute approximate surface area is 103 Å². The third-order valence-corrected chi connectivity index (χ3v) is 2.89. The van der Waals surface area contributed by atoms with Crippen LogP contribution in [0.25, 0.3) is 5.52 Å². The van der Waals surface area contributed by atoms with E-state index in [0.29, 0.717) is 0 Å². The van der Waals surface area contributed by atoms with Gasteiger partial charge in [-0.25, -0.2) is 9.94 Å². The molecule has 0 aliphatic rings. The third kappa shape index (κ3) is 1.66. The van der Waals surface area contributed by atoms with E-state index in [1.165, 1.54) is 0 Å². The van der Waals surface area contributed by atoms with E-state index in [2.05, 4.69) is 20.6 Å². The lowest BCUT2D eigenvalue weighted by molar-refractivity contribution is 0.639. The second-order valence-corrected chi connectivity index (χ2v) is 4.05. The number of aryl methyl sites for hydroxylation is 1. The summed E-state index contributed by atoms with van der Waals surface area (Å²) in [7, 11) is 1.87. The Morgan fingerprint density at radius 3 is 2.89 bits per heavy atom. The van der Waals surface area contributed by atoms with Gasteiger partial charge in [-0.2, -0.15) is 10.2 Å². The zero-order valence-corrected chi connectivity index (χ0v) is 9.85. The summed E-state index contributed by atoms with van der Waals surface area (Å²) in [6, 6.07) is -0.152. The van der Waals surface area contributed by atoms with Crippen molar-refractivity contribution in [1.29, 1.82) is 0 Å². The average Bonchev–Trinajstić information content (AvgIpc) is 2.98. The van der Waals surface area contributed by atoms with Gasteiger partial charge < -0.3 is 0 Å². The summed E-state index contributed by atoms with van der Waals surface area (Å²) < 4.78 is 3.51. The first kappa shape index (κ1) is 10.9. The zero-order chi connectivity index (χ0) is 12.5. The summed E-state index contributed by atoms with van der Waals surface area (Å²) in [5, 5.41) is 8.43. The molecule has 18 heavy (non-hydrogen) atoms. The SMILES string of the molecule is Cn1cc(C(NN)c2cnn3ccncc23)cn1. The minimum absolute atomic E-state index is 0.152. The number of hydrogen-bond acceptors (Lipinski definition) is 5. The van der Waals surface area contributed by atoms with Gasteiger partial charge in [0, 0.05) is 36.8 Å². The number of hydrogen-bond donors (Lipinski definition) is 2. The Bertz CT molecular complexity index is 669. The van der Waals surface area contributed by atoms with Crippen molar-refractivity contribution in [1.82, 2.24) is 29.8 Å². The van der Waals surface area contributed by atoms with Crippen LogP contribution in [0.15, 0.2) is 37.2 Å². The third-order valence-electron chi connectivity index (χ3n) is 2.89. The summed E-state index contributed by atoms with van der Waals surface area (Å²) in [6.45, 7) is 0. The maximum Gasteiger partial charge on any atom is 0.0896 e. The van der Waals surface area contributed by atoms with Crippen molar-refractivity contribution in [3.63, 3.8) is 0 Å². The van der Waals surface area contributed by atoms with Crippen LogP contribution in [0, 0.1) is 0 Å². The van der Waals surface area contributed by atoms with Crippen LogP contribution in [0.2, 0.25) is 0 Å². The molecule has 0 radical (unpaired) electrons. The molecule has 0 fully saturated rings. The maximum atomic E-state index is 5.65. The molecule has 7 nitrogen and oxygen atoms in total. The second-order valence-electron chi connectivity index (χ2n) is 4.05. The van der Waals surface area contributed by atoms with Crippen molar-refractivity contribution in [2.75, 3.05) is 0 Å². The van der Waals surface area contributed by atoms with Crippen LogP contribution in [-0.4, -0.2) is 24.4 Å². The monoisotopic (exact) mass is 243 g/mol. The molecule has 0 aromatic carbocycles. The Morgan fingerprint density at radius 2 is 2.17 bits per heavy atom. The highest BCUT2D eigenvalue weighted by atomic mass is 15.3. The lowest BCUT2D eigenvalue weighted by Crippen LogP contribution is -2.28. The van der Waals surface area contributed by atoms with Crippen LogP contribution in [0.3, 0.4) is 0 Å².